The molecule has 1 unspecified atom stereocenters. The number of thioether (sulfide) groups is 1. The fraction of sp³-hybridized carbons (Fsp3) is 0.583. The molecular formula is C12H21N3OS. The zero-order valence-electron chi connectivity index (χ0n) is 10.7. The minimum atomic E-state index is 0.510. The number of nitrogen functional groups attached to an aromatic ring is 1. The highest BCUT2D eigenvalue weighted by Crippen LogP contribution is 2.20. The van der Waals surface area contributed by atoms with Gasteiger partial charge in [0.05, 0.1) is 12.3 Å². The zero-order chi connectivity index (χ0) is 12.7. The third-order valence-corrected chi connectivity index (χ3v) is 3.47. The summed E-state index contributed by atoms with van der Waals surface area (Å²) in [7, 11) is 0. The van der Waals surface area contributed by atoms with Crippen LogP contribution in [0, 0.1) is 0 Å². The van der Waals surface area contributed by atoms with Gasteiger partial charge in [0.25, 0.3) is 0 Å². The molecule has 0 aromatic carbocycles. The van der Waals surface area contributed by atoms with Crippen LogP contribution in [0.25, 0.3) is 0 Å². The van der Waals surface area contributed by atoms with Crippen molar-refractivity contribution < 1.29 is 4.74 Å². The first-order valence-electron chi connectivity index (χ1n) is 5.83. The number of nitrogens with zero attached hydrogens (tertiary/aromatic N) is 1. The van der Waals surface area contributed by atoms with Gasteiger partial charge in [0.1, 0.15) is 5.82 Å². The van der Waals surface area contributed by atoms with Crippen molar-refractivity contribution in [1.29, 1.82) is 0 Å². The maximum absolute atomic E-state index is 5.76. The van der Waals surface area contributed by atoms with Crippen molar-refractivity contribution in [3.8, 4) is 5.88 Å². The Balaban J connectivity index is 2.51. The van der Waals surface area contributed by atoms with E-state index in [-0.39, 0.29) is 0 Å². The predicted octanol–water partition coefficient (Wildman–Crippen LogP) is 2.62. The Bertz CT molecular complexity index is 347. The van der Waals surface area contributed by atoms with Gasteiger partial charge in [0.2, 0.25) is 5.88 Å². The van der Waals surface area contributed by atoms with Crippen LogP contribution in [0.2, 0.25) is 0 Å². The molecule has 1 aromatic heterocycles. The number of aromatic nitrogens is 1. The maximum atomic E-state index is 5.76. The summed E-state index contributed by atoms with van der Waals surface area (Å²) in [4.78, 5) is 4.32. The minimum absolute atomic E-state index is 0.510. The van der Waals surface area contributed by atoms with Gasteiger partial charge >= 0.3 is 0 Å². The molecule has 3 N–H and O–H groups in total. The van der Waals surface area contributed by atoms with Crippen LogP contribution in [0.5, 0.6) is 5.88 Å². The highest BCUT2D eigenvalue weighted by molar-refractivity contribution is 7.99. The summed E-state index contributed by atoms with van der Waals surface area (Å²) in [6.45, 7) is 5.62. The molecule has 0 saturated heterocycles. The summed E-state index contributed by atoms with van der Waals surface area (Å²) < 4.78 is 5.35. The third-order valence-electron chi connectivity index (χ3n) is 2.43. The van der Waals surface area contributed by atoms with E-state index in [0.717, 1.165) is 18.8 Å². The number of nitrogens with one attached hydrogen (secondary N) is 1. The van der Waals surface area contributed by atoms with Crippen LogP contribution in [-0.4, -0.2) is 29.6 Å². The molecule has 0 saturated carbocycles. The van der Waals surface area contributed by atoms with Crippen molar-refractivity contribution >= 4 is 23.3 Å². The summed E-state index contributed by atoms with van der Waals surface area (Å²) in [5, 5.41) is 3.93. The van der Waals surface area contributed by atoms with Crippen molar-refractivity contribution in [2.45, 2.75) is 25.5 Å². The third kappa shape index (κ3) is 4.73. The molecule has 0 fully saturated rings. The lowest BCUT2D eigenvalue weighted by Gasteiger charge is -2.11. The van der Waals surface area contributed by atoms with Gasteiger partial charge in [-0.1, -0.05) is 6.92 Å². The van der Waals surface area contributed by atoms with E-state index >= 15 is 0 Å². The summed E-state index contributed by atoms with van der Waals surface area (Å²) >= 11 is 1.87. The van der Waals surface area contributed by atoms with Gasteiger partial charge in [-0.3, -0.25) is 0 Å². The van der Waals surface area contributed by atoms with Gasteiger partial charge in [0.15, 0.2) is 0 Å². The fourth-order valence-corrected chi connectivity index (χ4v) is 1.68. The van der Waals surface area contributed by atoms with Crippen molar-refractivity contribution in [1.82, 2.24) is 4.98 Å². The van der Waals surface area contributed by atoms with E-state index in [2.05, 4.69) is 23.5 Å². The number of rotatable bonds is 7. The largest absolute Gasteiger partial charge is 0.476 e. The predicted molar refractivity (Wildman–Crippen MR) is 75.9 cm³/mol. The second-order valence-corrected chi connectivity index (χ2v) is 5.06. The molecule has 0 radical (unpaired) electrons. The number of hydrogen-bond donors (Lipinski definition) is 2. The number of hydrogen-bond acceptors (Lipinski definition) is 5. The Morgan fingerprint density at radius 3 is 2.94 bits per heavy atom. The molecule has 17 heavy (non-hydrogen) atoms. The van der Waals surface area contributed by atoms with Crippen LogP contribution in [-0.2, 0) is 0 Å². The molecule has 5 heteroatoms. The van der Waals surface area contributed by atoms with Crippen molar-refractivity contribution in [2.75, 3.05) is 30.5 Å². The second kappa shape index (κ2) is 7.27. The molecule has 0 amide bonds. The second-order valence-electron chi connectivity index (χ2n) is 3.79. The van der Waals surface area contributed by atoms with E-state index < -0.39 is 0 Å². The van der Waals surface area contributed by atoms with E-state index in [0.29, 0.717) is 23.4 Å². The van der Waals surface area contributed by atoms with Crippen LogP contribution in [0.1, 0.15) is 20.3 Å². The monoisotopic (exact) mass is 255 g/mol. The molecule has 1 rings (SSSR count). The average molecular weight is 255 g/mol. The topological polar surface area (TPSA) is 60.2 Å². The zero-order valence-corrected chi connectivity index (χ0v) is 11.5. The van der Waals surface area contributed by atoms with Gasteiger partial charge in [-0.25, -0.2) is 0 Å². The molecule has 96 valence electrons. The van der Waals surface area contributed by atoms with Crippen LogP contribution >= 0.6 is 11.8 Å². The van der Waals surface area contributed by atoms with Crippen molar-refractivity contribution in [3.05, 3.63) is 12.1 Å². The fourth-order valence-electron chi connectivity index (χ4n) is 1.32. The van der Waals surface area contributed by atoms with E-state index in [1.54, 1.807) is 0 Å². The van der Waals surface area contributed by atoms with Crippen LogP contribution in [0.15, 0.2) is 12.1 Å². The van der Waals surface area contributed by atoms with Crippen LogP contribution in [0.3, 0.4) is 0 Å². The SMILES string of the molecule is CCOc1nc(NCCC(C)SC)ccc1N. The summed E-state index contributed by atoms with van der Waals surface area (Å²) in [5.74, 6) is 1.33. The Hall–Kier alpha value is -1.10. The van der Waals surface area contributed by atoms with E-state index in [9.17, 15) is 0 Å². The Morgan fingerprint density at radius 2 is 2.29 bits per heavy atom. The van der Waals surface area contributed by atoms with Gasteiger partial charge in [-0.05, 0) is 31.7 Å². The first kappa shape index (κ1) is 14.0. The lowest BCUT2D eigenvalue weighted by molar-refractivity contribution is 0.329. The molecule has 0 aliphatic rings. The van der Waals surface area contributed by atoms with Crippen LogP contribution in [0.4, 0.5) is 11.5 Å². The first-order chi connectivity index (χ1) is 8.17. The number of pyridine rings is 1. The maximum Gasteiger partial charge on any atom is 0.239 e. The van der Waals surface area contributed by atoms with Gasteiger partial charge in [-0.2, -0.15) is 16.7 Å². The van der Waals surface area contributed by atoms with Crippen LogP contribution < -0.4 is 15.8 Å². The smallest absolute Gasteiger partial charge is 0.239 e. The first-order valence-corrected chi connectivity index (χ1v) is 7.12. The molecule has 0 aliphatic heterocycles. The quantitative estimate of drug-likeness (QED) is 0.784. The highest BCUT2D eigenvalue weighted by Gasteiger charge is 2.04. The van der Waals surface area contributed by atoms with E-state index in [1.807, 2.05) is 30.8 Å². The lowest BCUT2D eigenvalue weighted by Crippen LogP contribution is -2.09. The summed E-state index contributed by atoms with van der Waals surface area (Å²) in [6.07, 6.45) is 3.23. The van der Waals surface area contributed by atoms with E-state index in [1.165, 1.54) is 0 Å². The average Bonchev–Trinajstić information content (AvgIpc) is 2.33. The molecule has 0 spiro atoms. The number of nitrogens with two attached hydrogens (primary N) is 1. The summed E-state index contributed by atoms with van der Waals surface area (Å²) in [6, 6.07) is 3.69. The Kier molecular flexibility index (Phi) is 5.97. The Labute approximate surface area is 107 Å². The van der Waals surface area contributed by atoms with Gasteiger partial charge < -0.3 is 15.8 Å². The highest BCUT2D eigenvalue weighted by atomic mass is 32.2. The van der Waals surface area contributed by atoms with Crippen molar-refractivity contribution in [3.63, 3.8) is 0 Å². The van der Waals surface area contributed by atoms with Gasteiger partial charge in [0, 0.05) is 11.8 Å². The Morgan fingerprint density at radius 1 is 1.53 bits per heavy atom. The molecular weight excluding hydrogens is 234 g/mol. The molecule has 0 aliphatic carbocycles. The number of ether oxygens (including phenoxy) is 1. The summed E-state index contributed by atoms with van der Waals surface area (Å²) in [5.41, 5.74) is 6.33. The van der Waals surface area contributed by atoms with E-state index in [4.69, 9.17) is 10.5 Å². The van der Waals surface area contributed by atoms with Gasteiger partial charge in [-0.15, -0.1) is 0 Å². The molecule has 1 heterocycles. The molecule has 1 aromatic rings. The number of anilines is 2. The standard InChI is InChI=1S/C12H21N3OS/c1-4-16-12-10(13)5-6-11(15-12)14-8-7-9(2)17-3/h5-6,9H,4,7-8,13H2,1-3H3,(H,14,15). The minimum Gasteiger partial charge on any atom is -0.476 e. The molecule has 1 atom stereocenters. The normalized spacial score (nSPS) is 12.2. The molecule has 4 nitrogen and oxygen atoms in total. The lowest BCUT2D eigenvalue weighted by atomic mass is 10.3. The van der Waals surface area contributed by atoms with Crippen molar-refractivity contribution in [2.24, 2.45) is 0 Å². The molecule has 0 bridgehead atoms.